The lowest BCUT2D eigenvalue weighted by Crippen LogP contribution is -2.31. The van der Waals surface area contributed by atoms with Gasteiger partial charge in [-0.3, -0.25) is 4.90 Å². The molecule has 0 aliphatic heterocycles. The van der Waals surface area contributed by atoms with E-state index in [-0.39, 0.29) is 0 Å². The Kier molecular flexibility index (Phi) is 8.30. The first-order valence-electron chi connectivity index (χ1n) is 9.35. The second-order valence-corrected chi connectivity index (χ2v) is 7.04. The van der Waals surface area contributed by atoms with Crippen molar-refractivity contribution in [3.05, 3.63) is 72.4 Å². The van der Waals surface area contributed by atoms with E-state index in [0.29, 0.717) is 6.61 Å². The average Bonchev–Trinajstić information content (AvgIpc) is 3.04. The van der Waals surface area contributed by atoms with Gasteiger partial charge >= 0.3 is 0 Å². The topological polar surface area (TPSA) is 44.4 Å². The van der Waals surface area contributed by atoms with Crippen molar-refractivity contribution in [2.24, 2.45) is 0 Å². The summed E-state index contributed by atoms with van der Waals surface area (Å²) in [5, 5.41) is 0. The summed E-state index contributed by atoms with van der Waals surface area (Å²) in [5.41, 5.74) is 3.57. The van der Waals surface area contributed by atoms with Gasteiger partial charge in [-0.1, -0.05) is 30.9 Å². The molecule has 0 saturated carbocycles. The number of likely N-dealkylation sites (N-methyl/N-ethyl adjacent to an activating group) is 1. The molecule has 0 bridgehead atoms. The molecule has 1 aromatic heterocycles. The summed E-state index contributed by atoms with van der Waals surface area (Å²) in [5.74, 6) is 1.86. The van der Waals surface area contributed by atoms with E-state index in [1.165, 1.54) is 5.56 Å². The van der Waals surface area contributed by atoms with E-state index in [2.05, 4.69) is 65.2 Å². The number of aryl methyl sites for hydroxylation is 1. The fourth-order valence-electron chi connectivity index (χ4n) is 2.94. The van der Waals surface area contributed by atoms with Crippen molar-refractivity contribution in [1.82, 2.24) is 19.8 Å². The highest BCUT2D eigenvalue weighted by Crippen LogP contribution is 2.22. The third-order valence-electron chi connectivity index (χ3n) is 4.26. The summed E-state index contributed by atoms with van der Waals surface area (Å²) in [6.07, 6.45) is 6.39. The lowest BCUT2D eigenvalue weighted by atomic mass is 10.1. The fourth-order valence-corrected chi connectivity index (χ4v) is 2.94. The monoisotopic (exact) mass is 368 g/mol. The molecule has 1 aromatic carbocycles. The zero-order chi connectivity index (χ0) is 19.6. The van der Waals surface area contributed by atoms with Crippen LogP contribution in [0, 0.1) is 6.92 Å². The van der Waals surface area contributed by atoms with Crippen molar-refractivity contribution in [3.63, 3.8) is 0 Å². The molecule has 1 N–H and O–H groups in total. The van der Waals surface area contributed by atoms with E-state index in [9.17, 15) is 0 Å². The van der Waals surface area contributed by atoms with E-state index in [1.54, 1.807) is 6.08 Å². The number of benzene rings is 1. The Morgan fingerprint density at radius 2 is 1.96 bits per heavy atom. The highest BCUT2D eigenvalue weighted by Gasteiger charge is 2.11. The molecule has 27 heavy (non-hydrogen) atoms. The molecule has 0 amide bonds. The Morgan fingerprint density at radius 1 is 1.15 bits per heavy atom. The van der Waals surface area contributed by atoms with Crippen LogP contribution in [0.2, 0.25) is 0 Å². The Hall–Kier alpha value is -2.37. The van der Waals surface area contributed by atoms with Crippen LogP contribution in [0.1, 0.15) is 22.6 Å². The number of nitrogens with one attached hydrogen (secondary N) is 1. The predicted octanol–water partition coefficient (Wildman–Crippen LogP) is 3.58. The number of nitrogens with zero attached hydrogens (tertiary/aromatic N) is 3. The van der Waals surface area contributed by atoms with Crippen molar-refractivity contribution in [2.75, 3.05) is 33.8 Å². The second kappa shape index (κ2) is 10.7. The van der Waals surface area contributed by atoms with Crippen LogP contribution in [0.5, 0.6) is 5.75 Å². The molecule has 0 spiro atoms. The number of hydrogen-bond acceptors (Lipinski definition) is 4. The van der Waals surface area contributed by atoms with Crippen molar-refractivity contribution >= 4 is 0 Å². The van der Waals surface area contributed by atoms with Gasteiger partial charge in [0.1, 0.15) is 18.2 Å². The first kappa shape index (κ1) is 20.9. The van der Waals surface area contributed by atoms with Crippen molar-refractivity contribution in [2.45, 2.75) is 26.4 Å². The SMILES string of the molecule is C=CCOc1ccc(CN(CCN(C)C)Cc2cnc(C)[nH]2)cc1CC=C. The van der Waals surface area contributed by atoms with Crippen LogP contribution in [-0.4, -0.2) is 53.6 Å². The molecular formula is C22H32N4O. The van der Waals surface area contributed by atoms with Gasteiger partial charge < -0.3 is 14.6 Å². The number of hydrogen-bond donors (Lipinski definition) is 1. The van der Waals surface area contributed by atoms with Crippen molar-refractivity contribution in [1.29, 1.82) is 0 Å². The second-order valence-electron chi connectivity index (χ2n) is 7.04. The summed E-state index contributed by atoms with van der Waals surface area (Å²) in [7, 11) is 4.21. The maximum atomic E-state index is 5.78. The highest BCUT2D eigenvalue weighted by molar-refractivity contribution is 5.38. The third-order valence-corrected chi connectivity index (χ3v) is 4.26. The Morgan fingerprint density at radius 3 is 2.59 bits per heavy atom. The van der Waals surface area contributed by atoms with E-state index in [1.807, 2.05) is 19.2 Å². The van der Waals surface area contributed by atoms with Crippen LogP contribution >= 0.6 is 0 Å². The molecular weight excluding hydrogens is 336 g/mol. The van der Waals surface area contributed by atoms with Crippen LogP contribution in [0.15, 0.2) is 49.7 Å². The number of H-pyrrole nitrogens is 1. The minimum atomic E-state index is 0.512. The summed E-state index contributed by atoms with van der Waals surface area (Å²) < 4.78 is 5.78. The molecule has 2 rings (SSSR count). The van der Waals surface area contributed by atoms with Crippen LogP contribution in [-0.2, 0) is 19.5 Å². The van der Waals surface area contributed by atoms with E-state index < -0.39 is 0 Å². The largest absolute Gasteiger partial charge is 0.489 e. The lowest BCUT2D eigenvalue weighted by Gasteiger charge is -2.24. The lowest BCUT2D eigenvalue weighted by molar-refractivity contribution is 0.224. The van der Waals surface area contributed by atoms with E-state index in [0.717, 1.165) is 55.4 Å². The zero-order valence-electron chi connectivity index (χ0n) is 16.9. The van der Waals surface area contributed by atoms with Crippen LogP contribution in [0.25, 0.3) is 0 Å². The van der Waals surface area contributed by atoms with Gasteiger partial charge in [0.15, 0.2) is 0 Å². The zero-order valence-corrected chi connectivity index (χ0v) is 16.9. The maximum Gasteiger partial charge on any atom is 0.123 e. The first-order chi connectivity index (χ1) is 13.0. The van der Waals surface area contributed by atoms with Crippen LogP contribution < -0.4 is 4.74 Å². The molecule has 1 heterocycles. The molecule has 2 aromatic rings. The Balaban J connectivity index is 2.14. The number of aromatic nitrogens is 2. The molecule has 0 unspecified atom stereocenters. The van der Waals surface area contributed by atoms with Gasteiger partial charge in [0.25, 0.3) is 0 Å². The molecule has 0 saturated heterocycles. The van der Waals surface area contributed by atoms with Crippen molar-refractivity contribution in [3.8, 4) is 5.75 Å². The normalized spacial score (nSPS) is 11.1. The number of allylic oxidation sites excluding steroid dienone is 1. The maximum absolute atomic E-state index is 5.78. The first-order valence-corrected chi connectivity index (χ1v) is 9.35. The van der Waals surface area contributed by atoms with Gasteiger partial charge in [0.05, 0.1) is 0 Å². The number of aromatic amines is 1. The molecule has 146 valence electrons. The van der Waals surface area contributed by atoms with Gasteiger partial charge in [0, 0.05) is 38.1 Å². The smallest absolute Gasteiger partial charge is 0.123 e. The summed E-state index contributed by atoms with van der Waals surface area (Å²) >= 11 is 0. The molecule has 5 nitrogen and oxygen atoms in total. The van der Waals surface area contributed by atoms with Gasteiger partial charge in [-0.15, -0.1) is 6.58 Å². The molecule has 0 atom stereocenters. The van der Waals surface area contributed by atoms with Gasteiger partial charge in [0.2, 0.25) is 0 Å². The highest BCUT2D eigenvalue weighted by atomic mass is 16.5. The van der Waals surface area contributed by atoms with Gasteiger partial charge in [-0.05, 0) is 44.6 Å². The van der Waals surface area contributed by atoms with Crippen LogP contribution in [0.3, 0.4) is 0 Å². The molecule has 0 aliphatic rings. The molecule has 0 radical (unpaired) electrons. The number of imidazole rings is 1. The van der Waals surface area contributed by atoms with Gasteiger partial charge in [-0.25, -0.2) is 4.98 Å². The minimum Gasteiger partial charge on any atom is -0.489 e. The quantitative estimate of drug-likeness (QED) is 0.582. The summed E-state index contributed by atoms with van der Waals surface area (Å²) in [6.45, 7) is 13.8. The van der Waals surface area contributed by atoms with Crippen molar-refractivity contribution < 1.29 is 4.74 Å². The average molecular weight is 369 g/mol. The van der Waals surface area contributed by atoms with Crippen LogP contribution in [0.4, 0.5) is 0 Å². The van der Waals surface area contributed by atoms with E-state index in [4.69, 9.17) is 4.74 Å². The third kappa shape index (κ3) is 7.04. The molecule has 0 aliphatic carbocycles. The van der Waals surface area contributed by atoms with Gasteiger partial charge in [-0.2, -0.15) is 0 Å². The predicted molar refractivity (Wildman–Crippen MR) is 112 cm³/mol. The molecule has 5 heteroatoms. The summed E-state index contributed by atoms with van der Waals surface area (Å²) in [6, 6.07) is 6.43. The Bertz CT molecular complexity index is 736. The molecule has 0 fully saturated rings. The fraction of sp³-hybridized carbons (Fsp3) is 0.409. The van der Waals surface area contributed by atoms with E-state index >= 15 is 0 Å². The summed E-state index contributed by atoms with van der Waals surface area (Å²) in [4.78, 5) is 12.3. The Labute approximate surface area is 163 Å². The standard InChI is InChI=1S/C22H32N4O/c1-6-8-20-14-19(9-10-22(20)27-13-7-2)16-26(12-11-25(4)5)17-21-15-23-18(3)24-21/h6-7,9-10,14-15H,1-2,8,11-13,16-17H2,3-5H3,(H,23,24). The minimum absolute atomic E-state index is 0.512. The number of rotatable bonds is 12. The number of ether oxygens (including phenoxy) is 1.